The Labute approximate surface area is 164 Å². The molecular weight excluding hydrogens is 402 g/mol. The van der Waals surface area contributed by atoms with Crippen LogP contribution in [0.5, 0.6) is 0 Å². The van der Waals surface area contributed by atoms with Crippen molar-refractivity contribution in [1.29, 1.82) is 0 Å². The molecule has 1 aliphatic heterocycles. The summed E-state index contributed by atoms with van der Waals surface area (Å²) in [4.78, 5) is 23.0. The summed E-state index contributed by atoms with van der Waals surface area (Å²) in [6.07, 6.45) is -3.37. The molecule has 1 amide bonds. The Kier molecular flexibility index (Phi) is 6.89. The van der Waals surface area contributed by atoms with Crippen LogP contribution in [-0.4, -0.2) is 39.6 Å². The fraction of sp³-hybridized carbons (Fsp3) is 0.412. The molecule has 0 unspecified atom stereocenters. The van der Waals surface area contributed by atoms with Crippen LogP contribution in [0.15, 0.2) is 24.5 Å². The van der Waals surface area contributed by atoms with Gasteiger partial charge in [-0.2, -0.15) is 13.2 Å². The van der Waals surface area contributed by atoms with Gasteiger partial charge in [0, 0.05) is 23.7 Å². The molecule has 2 atom stereocenters. The molecule has 1 aliphatic rings. The zero-order valence-electron chi connectivity index (χ0n) is 14.8. The van der Waals surface area contributed by atoms with E-state index in [9.17, 15) is 22.4 Å². The number of aryl methyl sites for hydroxylation is 1. The second-order valence-corrected chi connectivity index (χ2v) is 6.24. The highest BCUT2D eigenvalue weighted by molar-refractivity contribution is 5.85. The van der Waals surface area contributed by atoms with E-state index in [4.69, 9.17) is 0 Å². The third-order valence-corrected chi connectivity index (χ3v) is 4.12. The van der Waals surface area contributed by atoms with Gasteiger partial charge >= 0.3 is 6.18 Å². The SMILES string of the molecule is Cc1cc(-c2cnc(C(F)(F)F)nc2)cc(CNC(=O)[C@H]2NCC[C@@H]2F)n1.Cl. The van der Waals surface area contributed by atoms with Gasteiger partial charge in [0.05, 0.1) is 12.2 Å². The Hall–Kier alpha value is -2.33. The summed E-state index contributed by atoms with van der Waals surface area (Å²) >= 11 is 0. The van der Waals surface area contributed by atoms with E-state index in [1.54, 1.807) is 19.1 Å². The Bertz CT molecular complexity index is 831. The minimum atomic E-state index is -4.61. The number of aromatic nitrogens is 3. The minimum Gasteiger partial charge on any atom is -0.349 e. The molecule has 1 fully saturated rings. The van der Waals surface area contributed by atoms with E-state index in [2.05, 4.69) is 25.6 Å². The molecule has 0 aromatic carbocycles. The first kappa shape index (κ1) is 22.0. The summed E-state index contributed by atoms with van der Waals surface area (Å²) in [5.74, 6) is -1.67. The zero-order valence-corrected chi connectivity index (χ0v) is 15.6. The number of hydrogen-bond acceptors (Lipinski definition) is 5. The van der Waals surface area contributed by atoms with Crippen molar-refractivity contribution in [1.82, 2.24) is 25.6 Å². The average molecular weight is 420 g/mol. The Morgan fingerprint density at radius 1 is 1.25 bits per heavy atom. The molecular formula is C17H18ClF4N5O. The number of nitrogens with zero attached hydrogens (tertiary/aromatic N) is 3. The fourth-order valence-corrected chi connectivity index (χ4v) is 2.83. The molecule has 2 N–H and O–H groups in total. The summed E-state index contributed by atoms with van der Waals surface area (Å²) in [5, 5.41) is 5.41. The maximum absolute atomic E-state index is 13.6. The summed E-state index contributed by atoms with van der Waals surface area (Å²) in [6, 6.07) is 2.42. The highest BCUT2D eigenvalue weighted by Gasteiger charge is 2.34. The summed E-state index contributed by atoms with van der Waals surface area (Å²) in [6.45, 7) is 2.23. The van der Waals surface area contributed by atoms with Gasteiger partial charge in [0.1, 0.15) is 12.2 Å². The molecule has 152 valence electrons. The largest absolute Gasteiger partial charge is 0.451 e. The number of nitrogens with one attached hydrogen (secondary N) is 2. The summed E-state index contributed by atoms with van der Waals surface area (Å²) in [5.41, 5.74) is 2.07. The molecule has 11 heteroatoms. The van der Waals surface area contributed by atoms with Gasteiger partial charge in [-0.25, -0.2) is 14.4 Å². The van der Waals surface area contributed by atoms with E-state index in [-0.39, 0.29) is 19.0 Å². The molecule has 2 aromatic rings. The van der Waals surface area contributed by atoms with Crippen molar-refractivity contribution < 1.29 is 22.4 Å². The van der Waals surface area contributed by atoms with Gasteiger partial charge < -0.3 is 10.6 Å². The third kappa shape index (κ3) is 5.14. The van der Waals surface area contributed by atoms with Crippen LogP contribution in [0.1, 0.15) is 23.6 Å². The first-order chi connectivity index (χ1) is 12.7. The van der Waals surface area contributed by atoms with Gasteiger partial charge in [-0.05, 0) is 37.6 Å². The number of alkyl halides is 4. The maximum atomic E-state index is 13.6. The molecule has 0 radical (unpaired) electrons. The lowest BCUT2D eigenvalue weighted by atomic mass is 10.1. The van der Waals surface area contributed by atoms with E-state index in [1.807, 2.05) is 0 Å². The average Bonchev–Trinajstić information content (AvgIpc) is 3.05. The van der Waals surface area contributed by atoms with Crippen molar-refractivity contribution >= 4 is 18.3 Å². The minimum absolute atomic E-state index is 0. The topological polar surface area (TPSA) is 79.8 Å². The predicted octanol–water partition coefficient (Wildman–Crippen LogP) is 2.60. The lowest BCUT2D eigenvalue weighted by Crippen LogP contribution is -2.44. The number of amides is 1. The Morgan fingerprint density at radius 2 is 1.93 bits per heavy atom. The van der Waals surface area contributed by atoms with Crippen LogP contribution in [-0.2, 0) is 17.5 Å². The highest BCUT2D eigenvalue weighted by Crippen LogP contribution is 2.27. The van der Waals surface area contributed by atoms with E-state index < -0.39 is 30.1 Å². The van der Waals surface area contributed by atoms with Crippen molar-refractivity contribution in [2.24, 2.45) is 0 Å². The predicted molar refractivity (Wildman–Crippen MR) is 95.4 cm³/mol. The molecule has 2 aromatic heterocycles. The second-order valence-electron chi connectivity index (χ2n) is 6.24. The number of halogens is 5. The Morgan fingerprint density at radius 3 is 2.50 bits per heavy atom. The molecule has 0 spiro atoms. The van der Waals surface area contributed by atoms with Crippen molar-refractivity contribution in [2.45, 2.75) is 38.3 Å². The number of hydrogen-bond donors (Lipinski definition) is 2. The quantitative estimate of drug-likeness (QED) is 0.745. The smallest absolute Gasteiger partial charge is 0.349 e. The molecule has 28 heavy (non-hydrogen) atoms. The lowest BCUT2D eigenvalue weighted by Gasteiger charge is -2.14. The number of carbonyl (C=O) groups excluding carboxylic acids is 1. The molecule has 0 bridgehead atoms. The van der Waals surface area contributed by atoms with Crippen LogP contribution < -0.4 is 10.6 Å². The zero-order chi connectivity index (χ0) is 19.6. The number of rotatable bonds is 4. The molecule has 3 heterocycles. The van der Waals surface area contributed by atoms with E-state index in [0.717, 1.165) is 12.4 Å². The number of pyridine rings is 1. The van der Waals surface area contributed by atoms with E-state index in [1.165, 1.54) is 0 Å². The molecule has 6 nitrogen and oxygen atoms in total. The van der Waals surface area contributed by atoms with Gasteiger partial charge in [0.25, 0.3) is 0 Å². The third-order valence-electron chi connectivity index (χ3n) is 4.12. The summed E-state index contributed by atoms with van der Waals surface area (Å²) in [7, 11) is 0. The highest BCUT2D eigenvalue weighted by atomic mass is 35.5. The number of carbonyl (C=O) groups is 1. The van der Waals surface area contributed by atoms with Gasteiger partial charge in [-0.1, -0.05) is 0 Å². The van der Waals surface area contributed by atoms with Gasteiger partial charge in [0.2, 0.25) is 11.7 Å². The van der Waals surface area contributed by atoms with Crippen LogP contribution in [0.2, 0.25) is 0 Å². The molecule has 0 saturated carbocycles. The van der Waals surface area contributed by atoms with Gasteiger partial charge in [-0.15, -0.1) is 12.4 Å². The first-order valence-electron chi connectivity index (χ1n) is 8.26. The first-order valence-corrected chi connectivity index (χ1v) is 8.26. The molecule has 3 rings (SSSR count). The van der Waals surface area contributed by atoms with Crippen LogP contribution in [0.4, 0.5) is 17.6 Å². The normalized spacial score (nSPS) is 19.2. The van der Waals surface area contributed by atoms with Crippen molar-refractivity contribution in [2.75, 3.05) is 6.54 Å². The van der Waals surface area contributed by atoms with Crippen molar-refractivity contribution in [3.05, 3.63) is 41.7 Å². The Balaban J connectivity index is 0.00000280. The summed E-state index contributed by atoms with van der Waals surface area (Å²) < 4.78 is 51.3. The van der Waals surface area contributed by atoms with E-state index in [0.29, 0.717) is 35.5 Å². The van der Waals surface area contributed by atoms with Gasteiger partial charge in [-0.3, -0.25) is 9.78 Å². The van der Waals surface area contributed by atoms with E-state index >= 15 is 0 Å². The van der Waals surface area contributed by atoms with Crippen LogP contribution >= 0.6 is 12.4 Å². The van der Waals surface area contributed by atoms with Crippen molar-refractivity contribution in [3.63, 3.8) is 0 Å². The van der Waals surface area contributed by atoms with Crippen LogP contribution in [0.3, 0.4) is 0 Å². The second kappa shape index (κ2) is 8.78. The maximum Gasteiger partial charge on any atom is 0.451 e. The van der Waals surface area contributed by atoms with Crippen LogP contribution in [0.25, 0.3) is 11.1 Å². The van der Waals surface area contributed by atoms with Gasteiger partial charge in [0.15, 0.2) is 0 Å². The monoisotopic (exact) mass is 419 g/mol. The molecule has 1 saturated heterocycles. The van der Waals surface area contributed by atoms with Crippen LogP contribution in [0, 0.1) is 6.92 Å². The lowest BCUT2D eigenvalue weighted by molar-refractivity contribution is -0.145. The molecule has 0 aliphatic carbocycles. The standard InChI is InChI=1S/C17H17F4N5O.ClH/c1-9-4-10(11-6-24-16(25-7-11)17(19,20)21)5-12(26-9)8-23-15(27)14-13(18)2-3-22-14;/h4-7,13-14,22H,2-3,8H2,1H3,(H,23,27);1H/t13-,14-;/m0./s1. The fourth-order valence-electron chi connectivity index (χ4n) is 2.83. The van der Waals surface area contributed by atoms with Crippen molar-refractivity contribution in [3.8, 4) is 11.1 Å².